The van der Waals surface area contributed by atoms with Crippen LogP contribution in [0.15, 0.2) is 16.5 Å². The van der Waals surface area contributed by atoms with Gasteiger partial charge in [-0.05, 0) is 32.8 Å². The third-order valence-electron chi connectivity index (χ3n) is 4.29. The van der Waals surface area contributed by atoms with Crippen molar-refractivity contribution < 1.29 is 19.0 Å². The molecule has 7 nitrogen and oxygen atoms in total. The van der Waals surface area contributed by atoms with Gasteiger partial charge in [0.25, 0.3) is 0 Å². The number of piperidine rings is 1. The molecule has 1 aliphatic heterocycles. The Morgan fingerprint density at radius 1 is 1.45 bits per heavy atom. The van der Waals surface area contributed by atoms with Crippen LogP contribution in [0.4, 0.5) is 5.88 Å². The summed E-state index contributed by atoms with van der Waals surface area (Å²) in [5.41, 5.74) is 0. The molecule has 22 heavy (non-hydrogen) atoms. The number of nitro groups is 1. The fourth-order valence-corrected chi connectivity index (χ4v) is 3.12. The van der Waals surface area contributed by atoms with E-state index in [2.05, 4.69) is 0 Å². The summed E-state index contributed by atoms with van der Waals surface area (Å²) in [5, 5.41) is 10.6. The Balaban J connectivity index is 1.95. The van der Waals surface area contributed by atoms with Gasteiger partial charge in [-0.3, -0.25) is 14.9 Å². The predicted molar refractivity (Wildman–Crippen MR) is 80.4 cm³/mol. The molecule has 1 N–H and O–H groups in total. The number of quaternary nitrogens is 1. The highest BCUT2D eigenvalue weighted by Crippen LogP contribution is 2.16. The maximum Gasteiger partial charge on any atom is 0.433 e. The molecular weight excluding hydrogens is 286 g/mol. The maximum absolute atomic E-state index is 12.5. The summed E-state index contributed by atoms with van der Waals surface area (Å²) in [6.45, 7) is 7.81. The summed E-state index contributed by atoms with van der Waals surface area (Å²) in [7, 11) is 0. The number of carbonyl (C=O) groups is 1. The lowest BCUT2D eigenvalue weighted by Crippen LogP contribution is -3.12. The summed E-state index contributed by atoms with van der Waals surface area (Å²) < 4.78 is 5.22. The van der Waals surface area contributed by atoms with Crippen LogP contribution in [0, 0.1) is 16.0 Å². The molecule has 0 saturated carbocycles. The molecule has 1 aromatic heterocycles. The molecule has 0 spiro atoms. The molecule has 2 heterocycles. The predicted octanol–water partition coefficient (Wildman–Crippen LogP) is 0.851. The second-order valence-corrected chi connectivity index (χ2v) is 5.73. The third-order valence-corrected chi connectivity index (χ3v) is 4.29. The van der Waals surface area contributed by atoms with E-state index >= 15 is 0 Å². The van der Waals surface area contributed by atoms with Crippen LogP contribution >= 0.6 is 0 Å². The number of rotatable bonds is 6. The topological polar surface area (TPSA) is 81.0 Å². The fourth-order valence-electron chi connectivity index (χ4n) is 3.12. The number of likely N-dealkylation sites (tertiary alicyclic amines) is 1. The van der Waals surface area contributed by atoms with Crippen molar-refractivity contribution in [3.63, 3.8) is 0 Å². The van der Waals surface area contributed by atoms with Crippen molar-refractivity contribution in [2.75, 3.05) is 26.2 Å². The zero-order valence-electron chi connectivity index (χ0n) is 13.2. The van der Waals surface area contributed by atoms with Crippen molar-refractivity contribution >= 4 is 11.8 Å². The van der Waals surface area contributed by atoms with E-state index in [1.54, 1.807) is 6.07 Å². The summed E-state index contributed by atoms with van der Waals surface area (Å²) in [4.78, 5) is 25.7. The molecule has 0 aromatic carbocycles. The Bertz CT molecular complexity index is 525. The molecule has 122 valence electrons. The maximum atomic E-state index is 12.5. The lowest BCUT2D eigenvalue weighted by atomic mass is 9.96. The van der Waals surface area contributed by atoms with Crippen LogP contribution in [-0.2, 0) is 11.3 Å². The van der Waals surface area contributed by atoms with E-state index in [9.17, 15) is 14.9 Å². The highest BCUT2D eigenvalue weighted by Gasteiger charge is 2.31. The van der Waals surface area contributed by atoms with E-state index in [0.717, 1.165) is 39.0 Å². The molecule has 2 atom stereocenters. The standard InChI is InChI=1S/C15H23N3O4/c1-3-17(4-2)15(19)12-6-5-9-16(10-12)11-13-7-8-14(22-13)18(20)21/h7-8,12H,3-6,9-11H2,1-2H3/p+1/t12-/m1/s1. The highest BCUT2D eigenvalue weighted by atomic mass is 16.6. The zero-order chi connectivity index (χ0) is 16.1. The molecule has 1 amide bonds. The van der Waals surface area contributed by atoms with Gasteiger partial charge in [0.2, 0.25) is 5.91 Å². The van der Waals surface area contributed by atoms with Crippen molar-refractivity contribution in [2.24, 2.45) is 5.92 Å². The van der Waals surface area contributed by atoms with Gasteiger partial charge >= 0.3 is 5.88 Å². The Morgan fingerprint density at radius 3 is 2.77 bits per heavy atom. The third kappa shape index (κ3) is 3.85. The minimum Gasteiger partial charge on any atom is -0.400 e. The number of hydrogen-bond donors (Lipinski definition) is 1. The normalized spacial score (nSPS) is 21.5. The van der Waals surface area contributed by atoms with Gasteiger partial charge in [-0.2, -0.15) is 0 Å². The van der Waals surface area contributed by atoms with E-state index in [1.165, 1.54) is 11.0 Å². The van der Waals surface area contributed by atoms with Crippen LogP contribution in [0.2, 0.25) is 0 Å². The van der Waals surface area contributed by atoms with E-state index in [-0.39, 0.29) is 17.7 Å². The Hall–Kier alpha value is -1.89. The van der Waals surface area contributed by atoms with E-state index in [0.29, 0.717) is 12.3 Å². The second kappa shape index (κ2) is 7.40. The molecule has 1 saturated heterocycles. The molecule has 1 aromatic rings. The van der Waals surface area contributed by atoms with Crippen LogP contribution in [0.25, 0.3) is 0 Å². The van der Waals surface area contributed by atoms with Gasteiger partial charge in [0.15, 0.2) is 5.76 Å². The second-order valence-electron chi connectivity index (χ2n) is 5.73. The average Bonchev–Trinajstić information content (AvgIpc) is 2.97. The number of hydrogen-bond acceptors (Lipinski definition) is 4. The van der Waals surface area contributed by atoms with Gasteiger partial charge in [-0.1, -0.05) is 0 Å². The number of carbonyl (C=O) groups excluding carboxylic acids is 1. The van der Waals surface area contributed by atoms with Gasteiger partial charge in [0.05, 0.1) is 25.1 Å². The molecule has 2 rings (SSSR count). The highest BCUT2D eigenvalue weighted by molar-refractivity contribution is 5.78. The minimum atomic E-state index is -0.526. The molecule has 0 radical (unpaired) electrons. The Labute approximate surface area is 130 Å². The van der Waals surface area contributed by atoms with Crippen molar-refractivity contribution in [2.45, 2.75) is 33.2 Å². The van der Waals surface area contributed by atoms with E-state index < -0.39 is 4.92 Å². The molecule has 1 aliphatic rings. The molecule has 0 bridgehead atoms. The van der Waals surface area contributed by atoms with E-state index in [4.69, 9.17) is 4.42 Å². The smallest absolute Gasteiger partial charge is 0.400 e. The quantitative estimate of drug-likeness (QED) is 0.624. The molecule has 0 aliphatic carbocycles. The van der Waals surface area contributed by atoms with Crippen LogP contribution in [0.1, 0.15) is 32.4 Å². The van der Waals surface area contributed by atoms with Gasteiger partial charge in [-0.25, -0.2) is 0 Å². The lowest BCUT2D eigenvalue weighted by Gasteiger charge is -2.31. The molecule has 1 fully saturated rings. The number of nitrogens with one attached hydrogen (secondary N) is 1. The van der Waals surface area contributed by atoms with Crippen molar-refractivity contribution in [1.82, 2.24) is 4.90 Å². The first kappa shape index (κ1) is 16.5. The van der Waals surface area contributed by atoms with E-state index in [1.807, 2.05) is 18.7 Å². The molecule has 7 heteroatoms. The molecular formula is C15H24N3O4+. The van der Waals surface area contributed by atoms with Crippen molar-refractivity contribution in [3.8, 4) is 0 Å². The first-order chi connectivity index (χ1) is 10.5. The van der Waals surface area contributed by atoms with Crippen LogP contribution in [-0.4, -0.2) is 41.9 Å². The number of furan rings is 1. The summed E-state index contributed by atoms with van der Waals surface area (Å²) in [6.07, 6.45) is 1.92. The Kier molecular flexibility index (Phi) is 5.54. The van der Waals surface area contributed by atoms with Gasteiger partial charge in [0.1, 0.15) is 11.5 Å². The van der Waals surface area contributed by atoms with Gasteiger partial charge in [0, 0.05) is 13.1 Å². The van der Waals surface area contributed by atoms with Crippen LogP contribution in [0.5, 0.6) is 0 Å². The minimum absolute atomic E-state index is 0.0496. The van der Waals surface area contributed by atoms with Crippen LogP contribution < -0.4 is 4.90 Å². The molecule has 1 unspecified atom stereocenters. The SMILES string of the molecule is CCN(CC)C(=O)[C@@H]1CCC[NH+](Cc2ccc([N+](=O)[O-])o2)C1. The van der Waals surface area contributed by atoms with Crippen LogP contribution in [0.3, 0.4) is 0 Å². The average molecular weight is 310 g/mol. The summed E-state index contributed by atoms with van der Waals surface area (Å²) in [5.74, 6) is 0.668. The van der Waals surface area contributed by atoms with Gasteiger partial charge in [-0.15, -0.1) is 0 Å². The zero-order valence-corrected chi connectivity index (χ0v) is 13.2. The van der Waals surface area contributed by atoms with Crippen molar-refractivity contribution in [1.29, 1.82) is 0 Å². The summed E-state index contributed by atoms with van der Waals surface area (Å²) >= 11 is 0. The fraction of sp³-hybridized carbons (Fsp3) is 0.667. The first-order valence-electron chi connectivity index (χ1n) is 7.90. The number of amides is 1. The van der Waals surface area contributed by atoms with Crippen molar-refractivity contribution in [3.05, 3.63) is 28.0 Å². The summed E-state index contributed by atoms with van der Waals surface area (Å²) in [6, 6.07) is 3.04. The Morgan fingerprint density at radius 2 is 2.18 bits per heavy atom. The lowest BCUT2D eigenvalue weighted by molar-refractivity contribution is -0.922. The number of nitrogens with zero attached hydrogens (tertiary/aromatic N) is 2. The first-order valence-corrected chi connectivity index (χ1v) is 7.90. The largest absolute Gasteiger partial charge is 0.433 e. The van der Waals surface area contributed by atoms with Gasteiger partial charge < -0.3 is 14.2 Å². The monoisotopic (exact) mass is 310 g/mol.